The number of benzene rings is 2. The maximum Gasteiger partial charge on any atom is 0.178 e. The maximum atomic E-state index is 13.0. The van der Waals surface area contributed by atoms with E-state index in [0.717, 1.165) is 19.0 Å². The molecule has 3 rings (SSSR count). The molecule has 0 aromatic heterocycles. The topological polar surface area (TPSA) is 37.4 Å². The summed E-state index contributed by atoms with van der Waals surface area (Å²) in [4.78, 5) is 2.59. The second kappa shape index (κ2) is 8.31. The van der Waals surface area contributed by atoms with E-state index >= 15 is 0 Å². The minimum atomic E-state index is -3.37. The number of hydrogen-bond donors (Lipinski definition) is 0. The van der Waals surface area contributed by atoms with Crippen LogP contribution in [0.1, 0.15) is 31.7 Å². The first-order valence-corrected chi connectivity index (χ1v) is 10.9. The van der Waals surface area contributed by atoms with Crippen molar-refractivity contribution in [2.75, 3.05) is 12.3 Å². The Bertz CT molecular complexity index is 802. The average molecular weight is 376 g/mol. The number of hydrogen-bond acceptors (Lipinski definition) is 3. The average Bonchev–Trinajstić information content (AvgIpc) is 3.46. The van der Waals surface area contributed by atoms with Crippen LogP contribution in [0.3, 0.4) is 0 Å². The van der Waals surface area contributed by atoms with Crippen molar-refractivity contribution >= 4 is 9.84 Å². The Balaban J connectivity index is 1.61. The van der Waals surface area contributed by atoms with Crippen molar-refractivity contribution in [2.24, 2.45) is 5.92 Å². The Labute approximate surface area is 155 Å². The van der Waals surface area contributed by atoms with Gasteiger partial charge in [-0.1, -0.05) is 30.3 Å². The van der Waals surface area contributed by atoms with E-state index in [1.54, 1.807) is 0 Å². The summed E-state index contributed by atoms with van der Waals surface area (Å²) < 4.78 is 37.9. The van der Waals surface area contributed by atoms with Gasteiger partial charge in [-0.25, -0.2) is 12.8 Å². The maximum absolute atomic E-state index is 13.0. The van der Waals surface area contributed by atoms with Crippen molar-refractivity contribution in [2.45, 2.75) is 43.7 Å². The molecular weight excluding hydrogens is 349 g/mol. The minimum Gasteiger partial charge on any atom is -0.296 e. The van der Waals surface area contributed by atoms with Gasteiger partial charge in [-0.05, 0) is 68.5 Å². The fourth-order valence-corrected chi connectivity index (χ4v) is 4.63. The van der Waals surface area contributed by atoms with Gasteiger partial charge in [0.2, 0.25) is 0 Å². The number of sulfone groups is 1. The van der Waals surface area contributed by atoms with Crippen LogP contribution in [-0.2, 0) is 16.4 Å². The van der Waals surface area contributed by atoms with Crippen molar-refractivity contribution < 1.29 is 12.8 Å². The lowest BCUT2D eigenvalue weighted by molar-refractivity contribution is 0.181. The summed E-state index contributed by atoms with van der Waals surface area (Å²) in [6.07, 6.45) is 3.10. The highest BCUT2D eigenvalue weighted by Gasteiger charge is 2.32. The van der Waals surface area contributed by atoms with E-state index in [1.807, 2.05) is 18.2 Å². The molecule has 1 saturated carbocycles. The summed E-state index contributed by atoms with van der Waals surface area (Å²) in [6.45, 7) is 3.83. The second-order valence-corrected chi connectivity index (χ2v) is 9.27. The quantitative estimate of drug-likeness (QED) is 0.614. The highest BCUT2D eigenvalue weighted by atomic mass is 32.2. The van der Waals surface area contributed by atoms with Crippen molar-refractivity contribution in [3.8, 4) is 0 Å². The lowest BCUT2D eigenvalue weighted by Crippen LogP contribution is -2.35. The van der Waals surface area contributed by atoms with E-state index in [9.17, 15) is 12.8 Å². The molecule has 1 unspecified atom stereocenters. The molecule has 0 amide bonds. The summed E-state index contributed by atoms with van der Waals surface area (Å²) >= 11 is 0. The van der Waals surface area contributed by atoms with Crippen LogP contribution in [-0.4, -0.2) is 31.7 Å². The predicted octanol–water partition coefficient (Wildman–Crippen LogP) is 4.29. The zero-order chi connectivity index (χ0) is 18.6. The van der Waals surface area contributed by atoms with Crippen molar-refractivity contribution in [3.63, 3.8) is 0 Å². The summed E-state index contributed by atoms with van der Waals surface area (Å²) in [5.74, 6) is 0.394. The molecule has 0 heterocycles. The summed E-state index contributed by atoms with van der Waals surface area (Å²) in [5.41, 5.74) is 1.25. The van der Waals surface area contributed by atoms with Gasteiger partial charge >= 0.3 is 0 Å². The second-order valence-electron chi connectivity index (χ2n) is 7.16. The van der Waals surface area contributed by atoms with Gasteiger partial charge in [0.25, 0.3) is 0 Å². The minimum absolute atomic E-state index is 0.0846. The standard InChI is InChI=1S/C21H26FNO2S/c1-17(19-8-9-19)23(16-18-6-3-2-4-7-18)14-5-15-26(24,25)21-12-10-20(22)11-13-21/h2-4,6-7,10-13,17,19H,5,8-9,14-16H2,1H3. The van der Waals surface area contributed by atoms with Crippen molar-refractivity contribution in [1.82, 2.24) is 4.90 Å². The molecule has 1 aliphatic carbocycles. The highest BCUT2D eigenvalue weighted by Crippen LogP contribution is 2.35. The first kappa shape index (κ1) is 19.1. The van der Waals surface area contributed by atoms with Gasteiger partial charge in [0.15, 0.2) is 9.84 Å². The Kier molecular flexibility index (Phi) is 6.09. The lowest BCUT2D eigenvalue weighted by Gasteiger charge is -2.29. The van der Waals surface area contributed by atoms with Gasteiger partial charge in [0.1, 0.15) is 5.82 Å². The van der Waals surface area contributed by atoms with E-state index < -0.39 is 15.7 Å². The Hall–Kier alpha value is -1.72. The normalized spacial score (nSPS) is 16.0. The molecule has 5 heteroatoms. The molecule has 0 radical (unpaired) electrons. The van der Waals surface area contributed by atoms with Crippen LogP contribution in [0.15, 0.2) is 59.5 Å². The Morgan fingerprint density at radius 2 is 1.73 bits per heavy atom. The molecule has 140 valence electrons. The van der Waals surface area contributed by atoms with Crippen LogP contribution in [0.4, 0.5) is 4.39 Å². The predicted molar refractivity (Wildman–Crippen MR) is 102 cm³/mol. The zero-order valence-corrected chi connectivity index (χ0v) is 16.0. The molecule has 2 aromatic carbocycles. The fraction of sp³-hybridized carbons (Fsp3) is 0.429. The van der Waals surface area contributed by atoms with Crippen molar-refractivity contribution in [1.29, 1.82) is 0 Å². The SMILES string of the molecule is CC(C1CC1)N(CCCS(=O)(=O)c1ccc(F)cc1)Cc1ccccc1. The van der Waals surface area contributed by atoms with E-state index in [-0.39, 0.29) is 10.6 Å². The number of nitrogens with zero attached hydrogens (tertiary/aromatic N) is 1. The van der Waals surface area contributed by atoms with Gasteiger partial charge < -0.3 is 0 Å². The van der Waals surface area contributed by atoms with E-state index in [4.69, 9.17) is 0 Å². The van der Waals surface area contributed by atoms with Crippen LogP contribution in [0, 0.1) is 11.7 Å². The third kappa shape index (κ3) is 5.15. The first-order valence-electron chi connectivity index (χ1n) is 9.22. The number of halogens is 1. The summed E-state index contributed by atoms with van der Waals surface area (Å²) in [6, 6.07) is 15.9. The van der Waals surface area contributed by atoms with Crippen LogP contribution >= 0.6 is 0 Å². The third-order valence-corrected chi connectivity index (χ3v) is 6.96. The first-order chi connectivity index (χ1) is 12.5. The monoisotopic (exact) mass is 375 g/mol. The largest absolute Gasteiger partial charge is 0.296 e. The molecule has 1 fully saturated rings. The molecule has 2 aromatic rings. The molecule has 0 N–H and O–H groups in total. The lowest BCUT2D eigenvalue weighted by atomic mass is 10.1. The summed E-state index contributed by atoms with van der Waals surface area (Å²) in [5, 5.41) is 0. The number of rotatable bonds is 9. The van der Waals surface area contributed by atoms with E-state index in [0.29, 0.717) is 12.5 Å². The van der Waals surface area contributed by atoms with Gasteiger partial charge in [-0.2, -0.15) is 0 Å². The molecule has 0 bridgehead atoms. The smallest absolute Gasteiger partial charge is 0.178 e. The highest BCUT2D eigenvalue weighted by molar-refractivity contribution is 7.91. The Morgan fingerprint density at radius 3 is 2.35 bits per heavy atom. The van der Waals surface area contributed by atoms with Gasteiger partial charge in [-0.15, -0.1) is 0 Å². The summed E-state index contributed by atoms with van der Waals surface area (Å²) in [7, 11) is -3.37. The van der Waals surface area contributed by atoms with Gasteiger partial charge in [0.05, 0.1) is 10.6 Å². The molecule has 0 aliphatic heterocycles. The van der Waals surface area contributed by atoms with Crippen LogP contribution in [0.25, 0.3) is 0 Å². The fourth-order valence-electron chi connectivity index (χ4n) is 3.34. The van der Waals surface area contributed by atoms with E-state index in [2.05, 4.69) is 24.0 Å². The molecule has 3 nitrogen and oxygen atoms in total. The third-order valence-electron chi connectivity index (χ3n) is 5.14. The molecule has 26 heavy (non-hydrogen) atoms. The van der Waals surface area contributed by atoms with Gasteiger partial charge in [0, 0.05) is 12.6 Å². The van der Waals surface area contributed by atoms with Crippen molar-refractivity contribution in [3.05, 3.63) is 66.0 Å². The molecule has 0 spiro atoms. The van der Waals surface area contributed by atoms with Gasteiger partial charge in [-0.3, -0.25) is 4.90 Å². The van der Waals surface area contributed by atoms with Crippen LogP contribution in [0.5, 0.6) is 0 Å². The van der Waals surface area contributed by atoms with Crippen LogP contribution in [0.2, 0.25) is 0 Å². The Morgan fingerprint density at radius 1 is 1.08 bits per heavy atom. The molecule has 0 saturated heterocycles. The van der Waals surface area contributed by atoms with Crippen LogP contribution < -0.4 is 0 Å². The van der Waals surface area contributed by atoms with E-state index in [1.165, 1.54) is 42.7 Å². The zero-order valence-electron chi connectivity index (χ0n) is 15.1. The molecule has 1 atom stereocenters. The molecular formula is C21H26FNO2S. The molecule has 1 aliphatic rings.